The second-order valence-electron chi connectivity index (χ2n) is 13.2. The van der Waals surface area contributed by atoms with Crippen LogP contribution in [0.1, 0.15) is 96.8 Å². The summed E-state index contributed by atoms with van der Waals surface area (Å²) in [7, 11) is 0. The van der Waals surface area contributed by atoms with Gasteiger partial charge in [-0.1, -0.05) is 52.8 Å². The molecule has 1 heteroatoms. The summed E-state index contributed by atoms with van der Waals surface area (Å²) in [6, 6.07) is 12.2. The summed E-state index contributed by atoms with van der Waals surface area (Å²) in [5.74, 6) is 0.766. The molecular formula is C31H36N+. The van der Waals surface area contributed by atoms with E-state index in [2.05, 4.69) is 89.6 Å². The van der Waals surface area contributed by atoms with Gasteiger partial charge in [0.25, 0.3) is 0 Å². The van der Waals surface area contributed by atoms with Crippen LogP contribution in [0.2, 0.25) is 0 Å². The molecule has 2 heterocycles. The van der Waals surface area contributed by atoms with Crippen molar-refractivity contribution in [3.8, 4) is 0 Å². The molecular weight excluding hydrogens is 386 g/mol. The summed E-state index contributed by atoms with van der Waals surface area (Å²) in [4.78, 5) is 0. The molecule has 7 atom stereocenters. The minimum Gasteiger partial charge on any atom is -0.192 e. The molecule has 1 aliphatic heterocycles. The van der Waals surface area contributed by atoms with Crippen LogP contribution in [0.3, 0.4) is 0 Å². The lowest BCUT2D eigenvalue weighted by atomic mass is 9.50. The third-order valence-electron chi connectivity index (χ3n) is 13.3. The van der Waals surface area contributed by atoms with Crippen molar-refractivity contribution in [3.63, 3.8) is 0 Å². The summed E-state index contributed by atoms with van der Waals surface area (Å²) in [5.41, 5.74) is 8.86. The summed E-state index contributed by atoms with van der Waals surface area (Å²) in [6.07, 6.45) is 7.50. The number of fused-ring (bicyclic) bond motifs is 6. The highest BCUT2D eigenvalue weighted by Gasteiger charge is 3.03. The molecule has 2 aromatic carbocycles. The van der Waals surface area contributed by atoms with Crippen LogP contribution in [0.4, 0.5) is 0 Å². The number of hydrogen-bond acceptors (Lipinski definition) is 0. The zero-order valence-electron chi connectivity index (χ0n) is 20.8. The molecule has 3 saturated carbocycles. The maximum atomic E-state index is 2.71. The monoisotopic (exact) mass is 422 g/mol. The molecule has 1 spiro atoms. The smallest absolute Gasteiger partial charge is 0.192 e. The van der Waals surface area contributed by atoms with Crippen LogP contribution >= 0.6 is 0 Å². The summed E-state index contributed by atoms with van der Waals surface area (Å²) < 4.78 is 2.71. The van der Waals surface area contributed by atoms with Crippen LogP contribution in [0.15, 0.2) is 36.5 Å². The van der Waals surface area contributed by atoms with Crippen LogP contribution in [0.5, 0.6) is 0 Å². The van der Waals surface area contributed by atoms with E-state index in [9.17, 15) is 0 Å². The molecule has 164 valence electrons. The molecule has 7 unspecified atom stereocenters. The third kappa shape index (κ3) is 1.22. The fourth-order valence-corrected chi connectivity index (χ4v) is 11.8. The van der Waals surface area contributed by atoms with Crippen molar-refractivity contribution in [2.24, 2.45) is 16.2 Å². The van der Waals surface area contributed by atoms with Crippen molar-refractivity contribution >= 4 is 21.7 Å². The summed E-state index contributed by atoms with van der Waals surface area (Å²) >= 11 is 0. The Bertz CT molecular complexity index is 1440. The van der Waals surface area contributed by atoms with Crippen LogP contribution in [-0.4, -0.2) is 0 Å². The van der Waals surface area contributed by atoms with Gasteiger partial charge in [-0.2, -0.15) is 4.57 Å². The number of nitrogens with zero attached hydrogens (tertiary/aromatic N) is 1. The molecule has 8 rings (SSSR count). The molecule has 0 radical (unpaired) electrons. The zero-order valence-corrected chi connectivity index (χ0v) is 20.8. The van der Waals surface area contributed by atoms with Gasteiger partial charge in [0.2, 0.25) is 5.52 Å². The van der Waals surface area contributed by atoms with E-state index in [0.29, 0.717) is 21.7 Å². The van der Waals surface area contributed by atoms with Crippen molar-refractivity contribution in [1.29, 1.82) is 0 Å². The Morgan fingerprint density at radius 1 is 0.906 bits per heavy atom. The summed E-state index contributed by atoms with van der Waals surface area (Å²) in [6.45, 7) is 17.7. The van der Waals surface area contributed by atoms with E-state index in [0.717, 1.165) is 18.8 Å². The SMILES string of the molecule is CCC1(C)c2cccc3c4c(c5ccc[n+](c5c23)C1(C)CC)C1CC2(C)C3(C)CC4(C)C123. The van der Waals surface area contributed by atoms with Crippen molar-refractivity contribution in [2.75, 3.05) is 0 Å². The Hall–Kier alpha value is -1.89. The first kappa shape index (κ1) is 18.5. The van der Waals surface area contributed by atoms with Crippen molar-refractivity contribution < 1.29 is 4.57 Å². The van der Waals surface area contributed by atoms with Crippen molar-refractivity contribution in [1.82, 2.24) is 0 Å². The predicted octanol–water partition coefficient (Wildman–Crippen LogP) is 7.26. The first-order valence-corrected chi connectivity index (χ1v) is 13.1. The fraction of sp³-hybridized carbons (Fsp3) is 0.581. The van der Waals surface area contributed by atoms with E-state index in [1.807, 2.05) is 0 Å². The highest BCUT2D eigenvalue weighted by atomic mass is 15.1. The van der Waals surface area contributed by atoms with Gasteiger partial charge in [0, 0.05) is 24.8 Å². The average molecular weight is 423 g/mol. The third-order valence-corrected chi connectivity index (χ3v) is 13.3. The lowest BCUT2D eigenvalue weighted by Crippen LogP contribution is -2.66. The van der Waals surface area contributed by atoms with E-state index >= 15 is 0 Å². The van der Waals surface area contributed by atoms with Gasteiger partial charge < -0.3 is 0 Å². The zero-order chi connectivity index (χ0) is 22.3. The van der Waals surface area contributed by atoms with E-state index in [4.69, 9.17) is 0 Å². The largest absolute Gasteiger partial charge is 0.221 e. The van der Waals surface area contributed by atoms with Gasteiger partial charge in [-0.15, -0.1) is 0 Å². The van der Waals surface area contributed by atoms with Crippen LogP contribution in [0.25, 0.3) is 21.7 Å². The van der Waals surface area contributed by atoms with Crippen LogP contribution < -0.4 is 4.57 Å². The van der Waals surface area contributed by atoms with Gasteiger partial charge in [0.1, 0.15) is 0 Å². The maximum Gasteiger partial charge on any atom is 0.221 e. The lowest BCUT2D eigenvalue weighted by molar-refractivity contribution is -0.750. The average Bonchev–Trinajstić information content (AvgIpc) is 2.95. The molecule has 4 aliphatic carbocycles. The Kier molecular flexibility index (Phi) is 2.63. The second-order valence-corrected chi connectivity index (χ2v) is 13.2. The molecule has 1 aromatic heterocycles. The molecule has 0 amide bonds. The number of rotatable bonds is 2. The van der Waals surface area contributed by atoms with E-state index in [-0.39, 0.29) is 11.0 Å². The van der Waals surface area contributed by atoms with Crippen LogP contribution in [-0.2, 0) is 16.4 Å². The highest BCUT2D eigenvalue weighted by molar-refractivity contribution is 6.12. The quantitative estimate of drug-likeness (QED) is 0.302. The highest BCUT2D eigenvalue weighted by Crippen LogP contribution is 3.08. The second kappa shape index (κ2) is 4.55. The maximum absolute atomic E-state index is 2.71. The fourth-order valence-electron chi connectivity index (χ4n) is 11.8. The summed E-state index contributed by atoms with van der Waals surface area (Å²) in [5, 5.41) is 4.74. The van der Waals surface area contributed by atoms with Gasteiger partial charge >= 0.3 is 0 Å². The molecule has 0 N–H and O–H groups in total. The van der Waals surface area contributed by atoms with Crippen LogP contribution in [0, 0.1) is 16.2 Å². The van der Waals surface area contributed by atoms with Gasteiger partial charge in [-0.05, 0) is 76.5 Å². The van der Waals surface area contributed by atoms with Gasteiger partial charge in [-0.3, -0.25) is 0 Å². The van der Waals surface area contributed by atoms with E-state index in [1.54, 1.807) is 32.8 Å². The predicted molar refractivity (Wildman–Crippen MR) is 131 cm³/mol. The Morgan fingerprint density at radius 3 is 2.31 bits per heavy atom. The molecule has 32 heavy (non-hydrogen) atoms. The number of benzene rings is 2. The molecule has 3 aromatic rings. The Balaban J connectivity index is 1.62. The van der Waals surface area contributed by atoms with Gasteiger partial charge in [0.15, 0.2) is 11.7 Å². The Labute approximate surface area is 192 Å². The first-order valence-electron chi connectivity index (χ1n) is 13.1. The van der Waals surface area contributed by atoms with Gasteiger partial charge in [0.05, 0.1) is 16.2 Å². The van der Waals surface area contributed by atoms with E-state index in [1.165, 1.54) is 18.4 Å². The molecule has 1 nitrogen and oxygen atoms in total. The minimum absolute atomic E-state index is 0.0821. The minimum atomic E-state index is 0.0821. The standard InChI is InChI=1S/C31H36N/c1-8-26(3)20-14-10-12-18-23(20)25-19(13-11-15-32(25)30(26,7)9-2)22-21-16-28(5)29(6)17-27(4,24(18)22)31(21,28)29/h10-15,21H,8-9,16-17H2,1-7H3/q+1. The first-order chi connectivity index (χ1) is 15.1. The molecule has 3 fully saturated rings. The van der Waals surface area contributed by atoms with E-state index < -0.39 is 0 Å². The van der Waals surface area contributed by atoms with Crippen molar-refractivity contribution in [3.05, 3.63) is 53.2 Å². The number of hydrogen-bond donors (Lipinski definition) is 0. The molecule has 5 aliphatic rings. The van der Waals surface area contributed by atoms with Crippen molar-refractivity contribution in [2.45, 2.75) is 96.4 Å². The molecule has 0 bridgehead atoms. The normalized spacial score (nSPS) is 48.3. The number of pyridine rings is 1. The lowest BCUT2D eigenvalue weighted by Gasteiger charge is -2.52. The topological polar surface area (TPSA) is 3.88 Å². The Morgan fingerprint density at radius 2 is 1.66 bits per heavy atom. The number of aromatic nitrogens is 1. The van der Waals surface area contributed by atoms with Gasteiger partial charge in [-0.25, -0.2) is 0 Å². The molecule has 0 saturated heterocycles.